The molecular formula is C20H14N4. The maximum absolute atomic E-state index is 5.77. The van der Waals surface area contributed by atoms with Crippen molar-refractivity contribution in [2.24, 2.45) is 21.9 Å². The van der Waals surface area contributed by atoms with Crippen molar-refractivity contribution in [3.8, 4) is 0 Å². The first-order valence-electron chi connectivity index (χ1n) is 7.78. The molecule has 5 aromatic carbocycles. The molecule has 24 heavy (non-hydrogen) atoms. The molecular weight excluding hydrogens is 296 g/mol. The Hall–Kier alpha value is -3.40. The molecule has 0 amide bonds. The number of hydrogen-bond acceptors (Lipinski definition) is 4. The first-order chi connectivity index (χ1) is 11.8. The van der Waals surface area contributed by atoms with Gasteiger partial charge in [-0.1, -0.05) is 60.7 Å². The molecule has 5 aromatic rings. The zero-order valence-electron chi connectivity index (χ0n) is 12.8. The number of fused-ring (bicyclic) bond motifs is 7. The smallest absolute Gasteiger partial charge is 0.0990 e. The summed E-state index contributed by atoms with van der Waals surface area (Å²) in [6.45, 7) is 0. The third-order valence-electron chi connectivity index (χ3n) is 4.88. The maximum atomic E-state index is 5.77. The molecule has 0 unspecified atom stereocenters. The molecule has 0 bridgehead atoms. The molecule has 0 heterocycles. The van der Waals surface area contributed by atoms with Crippen molar-refractivity contribution in [3.05, 3.63) is 71.4 Å². The second-order valence-electron chi connectivity index (χ2n) is 5.96. The molecule has 4 nitrogen and oxygen atoms in total. The lowest BCUT2D eigenvalue weighted by atomic mass is 10.1. The molecule has 0 saturated carbocycles. The number of nitrogens with zero attached hydrogens (tertiary/aromatic N) is 2. The Labute approximate surface area is 137 Å². The van der Waals surface area contributed by atoms with Gasteiger partial charge in [0.1, 0.15) is 0 Å². The van der Waals surface area contributed by atoms with E-state index in [0.29, 0.717) is 0 Å². The molecule has 0 aliphatic heterocycles. The second-order valence-corrected chi connectivity index (χ2v) is 5.96. The third-order valence-corrected chi connectivity index (χ3v) is 4.88. The van der Waals surface area contributed by atoms with Crippen LogP contribution in [0.5, 0.6) is 0 Å². The first kappa shape index (κ1) is 13.1. The van der Waals surface area contributed by atoms with Gasteiger partial charge in [0, 0.05) is 21.5 Å². The van der Waals surface area contributed by atoms with Gasteiger partial charge in [-0.05, 0) is 21.5 Å². The molecule has 0 aliphatic rings. The van der Waals surface area contributed by atoms with Gasteiger partial charge in [-0.15, -0.1) is 0 Å². The van der Waals surface area contributed by atoms with E-state index in [9.17, 15) is 0 Å². The van der Waals surface area contributed by atoms with E-state index < -0.39 is 0 Å². The highest BCUT2D eigenvalue weighted by molar-refractivity contribution is 6.26. The zero-order chi connectivity index (χ0) is 16.3. The summed E-state index contributed by atoms with van der Waals surface area (Å²) in [7, 11) is 0. The monoisotopic (exact) mass is 310 g/mol. The topological polar surface area (TPSA) is 76.8 Å². The van der Waals surface area contributed by atoms with Crippen LogP contribution in [0.1, 0.15) is 0 Å². The van der Waals surface area contributed by atoms with Gasteiger partial charge in [0.2, 0.25) is 0 Å². The van der Waals surface area contributed by atoms with Crippen LogP contribution in [-0.4, -0.2) is 0 Å². The van der Waals surface area contributed by atoms with Crippen molar-refractivity contribution in [1.29, 1.82) is 0 Å². The second kappa shape index (κ2) is 4.55. The van der Waals surface area contributed by atoms with Crippen molar-refractivity contribution in [2.45, 2.75) is 0 Å². The average molecular weight is 310 g/mol. The normalized spacial score (nSPS) is 13.8. The van der Waals surface area contributed by atoms with Gasteiger partial charge in [-0.25, -0.2) is 0 Å². The highest BCUT2D eigenvalue weighted by Gasteiger charge is 2.16. The lowest BCUT2D eigenvalue weighted by Crippen LogP contribution is -2.08. The summed E-state index contributed by atoms with van der Waals surface area (Å²) in [6.07, 6.45) is 0. The van der Waals surface area contributed by atoms with Crippen LogP contribution >= 0.6 is 0 Å². The van der Waals surface area contributed by atoms with Gasteiger partial charge in [-0.2, -0.15) is 10.2 Å². The van der Waals surface area contributed by atoms with Gasteiger partial charge >= 0.3 is 0 Å². The van der Waals surface area contributed by atoms with E-state index in [2.05, 4.69) is 46.6 Å². The molecule has 0 aliphatic carbocycles. The predicted molar refractivity (Wildman–Crippen MR) is 98.3 cm³/mol. The molecule has 4 N–H and O–H groups in total. The minimum atomic E-state index is 0.798. The Bertz CT molecular complexity index is 1260. The Morgan fingerprint density at radius 1 is 0.458 bits per heavy atom. The highest BCUT2D eigenvalue weighted by Crippen LogP contribution is 2.32. The van der Waals surface area contributed by atoms with E-state index in [4.69, 9.17) is 11.7 Å². The van der Waals surface area contributed by atoms with E-state index in [-0.39, 0.29) is 0 Å². The molecule has 0 radical (unpaired) electrons. The summed E-state index contributed by atoms with van der Waals surface area (Å²) in [6, 6.07) is 20.6. The molecule has 5 rings (SSSR count). The van der Waals surface area contributed by atoms with Crippen LogP contribution in [0.25, 0.3) is 43.1 Å². The predicted octanol–water partition coefficient (Wildman–Crippen LogP) is 2.72. The SMILES string of the molecule is N/N=c1\c2ccccc2c2ccc3c4ccccc4/c(=N\N)c3c12. The van der Waals surface area contributed by atoms with Gasteiger partial charge in [0.15, 0.2) is 0 Å². The third kappa shape index (κ3) is 1.42. The van der Waals surface area contributed by atoms with E-state index in [1.54, 1.807) is 0 Å². The van der Waals surface area contributed by atoms with Gasteiger partial charge in [0.25, 0.3) is 0 Å². The van der Waals surface area contributed by atoms with E-state index in [0.717, 1.165) is 53.8 Å². The van der Waals surface area contributed by atoms with Crippen molar-refractivity contribution < 1.29 is 0 Å². The van der Waals surface area contributed by atoms with Crippen molar-refractivity contribution >= 4 is 43.1 Å². The van der Waals surface area contributed by atoms with Crippen molar-refractivity contribution in [2.75, 3.05) is 0 Å². The number of benzene rings is 3. The molecule has 4 heteroatoms. The largest absolute Gasteiger partial charge is 0.323 e. The van der Waals surface area contributed by atoms with Crippen LogP contribution in [0, 0.1) is 0 Å². The standard InChI is InChI=1S/C20H14N4/c21-23-19-15-7-3-1-5-11(15)13-9-10-14-12-6-2-4-8-16(12)20(24-22)18(14)17(13)19/h1-10H,21-22H2/b23-19+,24-20+. The summed E-state index contributed by atoms with van der Waals surface area (Å²) in [5, 5.41) is 18.5. The van der Waals surface area contributed by atoms with E-state index >= 15 is 0 Å². The Morgan fingerprint density at radius 2 is 0.833 bits per heavy atom. The van der Waals surface area contributed by atoms with Crippen LogP contribution in [0.15, 0.2) is 70.9 Å². The van der Waals surface area contributed by atoms with Crippen LogP contribution in [0.3, 0.4) is 0 Å². The minimum absolute atomic E-state index is 0.798. The highest BCUT2D eigenvalue weighted by atomic mass is 15.1. The summed E-state index contributed by atoms with van der Waals surface area (Å²) in [5.41, 5.74) is 0. The lowest BCUT2D eigenvalue weighted by molar-refractivity contribution is 1.16. The van der Waals surface area contributed by atoms with Crippen LogP contribution in [-0.2, 0) is 0 Å². The lowest BCUT2D eigenvalue weighted by Gasteiger charge is -1.96. The van der Waals surface area contributed by atoms with E-state index in [1.165, 1.54) is 0 Å². The number of hydrogen-bond donors (Lipinski definition) is 2. The quantitative estimate of drug-likeness (QED) is 0.341. The maximum Gasteiger partial charge on any atom is 0.0990 e. The molecule has 0 spiro atoms. The molecule has 0 fully saturated rings. The average Bonchev–Trinajstić information content (AvgIpc) is 3.14. The number of nitrogens with two attached hydrogens (primary N) is 2. The summed E-state index contributed by atoms with van der Waals surface area (Å²) >= 11 is 0. The molecule has 0 atom stereocenters. The van der Waals surface area contributed by atoms with Crippen LogP contribution < -0.4 is 22.4 Å². The fourth-order valence-electron chi connectivity index (χ4n) is 3.93. The van der Waals surface area contributed by atoms with Crippen LogP contribution in [0.2, 0.25) is 0 Å². The van der Waals surface area contributed by atoms with Gasteiger partial charge < -0.3 is 11.7 Å². The van der Waals surface area contributed by atoms with Crippen LogP contribution in [0.4, 0.5) is 0 Å². The minimum Gasteiger partial charge on any atom is -0.323 e. The van der Waals surface area contributed by atoms with Crippen molar-refractivity contribution in [3.63, 3.8) is 0 Å². The Kier molecular flexibility index (Phi) is 2.48. The summed E-state index contributed by atoms with van der Waals surface area (Å²) < 4.78 is 0. The fourth-order valence-corrected chi connectivity index (χ4v) is 3.93. The fraction of sp³-hybridized carbons (Fsp3) is 0. The molecule has 0 aromatic heterocycles. The Balaban J connectivity index is 2.26. The number of rotatable bonds is 0. The zero-order valence-corrected chi connectivity index (χ0v) is 12.8. The molecule has 114 valence electrons. The first-order valence-corrected chi connectivity index (χ1v) is 7.78. The van der Waals surface area contributed by atoms with Gasteiger partial charge in [-0.3, -0.25) is 0 Å². The van der Waals surface area contributed by atoms with Gasteiger partial charge in [0.05, 0.1) is 10.7 Å². The van der Waals surface area contributed by atoms with Crippen molar-refractivity contribution in [1.82, 2.24) is 0 Å². The summed E-state index contributed by atoms with van der Waals surface area (Å²) in [4.78, 5) is 0. The van der Waals surface area contributed by atoms with E-state index in [1.807, 2.05) is 24.3 Å². The Morgan fingerprint density at radius 3 is 1.21 bits per heavy atom. The summed E-state index contributed by atoms with van der Waals surface area (Å²) in [5.74, 6) is 11.5. The molecule has 0 saturated heterocycles.